The van der Waals surface area contributed by atoms with Crippen molar-refractivity contribution in [2.75, 3.05) is 37.9 Å². The number of hydrogen-bond donors (Lipinski definition) is 6. The maximum absolute atomic E-state index is 15.0. The number of aromatic hydroxyl groups is 2. The first-order valence-electron chi connectivity index (χ1n) is 21.8. The molecule has 4 fully saturated rings. The molecule has 0 aromatic heterocycles. The van der Waals surface area contributed by atoms with Crippen LogP contribution in [0.15, 0.2) is 84.6 Å². The first-order valence-corrected chi connectivity index (χ1v) is 21.8. The van der Waals surface area contributed by atoms with E-state index in [4.69, 9.17) is 9.47 Å². The molecule has 0 aliphatic carbocycles. The number of methoxy groups -OCH3 is 2. The van der Waals surface area contributed by atoms with Crippen molar-refractivity contribution < 1.29 is 49.3 Å². The van der Waals surface area contributed by atoms with Gasteiger partial charge in [0.25, 0.3) is 11.4 Å². The molecule has 0 saturated carbocycles. The predicted molar refractivity (Wildman–Crippen MR) is 234 cm³/mol. The number of hydrogen-bond acceptors (Lipinski definition) is 14. The Labute approximate surface area is 372 Å². The normalized spacial score (nSPS) is 29.7. The Morgan fingerprint density at radius 3 is 1.91 bits per heavy atom. The van der Waals surface area contributed by atoms with Crippen molar-refractivity contribution in [1.82, 2.24) is 9.80 Å². The van der Waals surface area contributed by atoms with Gasteiger partial charge in [0.1, 0.15) is 11.1 Å². The lowest BCUT2D eigenvalue weighted by Crippen LogP contribution is -2.54. The van der Waals surface area contributed by atoms with Gasteiger partial charge in [0, 0.05) is 76.6 Å². The summed E-state index contributed by atoms with van der Waals surface area (Å²) in [5, 5.41) is 78.6. The van der Waals surface area contributed by atoms with Gasteiger partial charge in [-0.25, -0.2) is 0 Å². The third kappa shape index (κ3) is 5.96. The zero-order valence-electron chi connectivity index (χ0n) is 35.5. The van der Waals surface area contributed by atoms with E-state index in [1.807, 2.05) is 9.80 Å². The highest BCUT2D eigenvalue weighted by Crippen LogP contribution is 2.65. The number of fused-ring (bicyclic) bond motifs is 8. The molecule has 18 heteroatoms. The van der Waals surface area contributed by atoms with Gasteiger partial charge < -0.3 is 40.5 Å². The van der Waals surface area contributed by atoms with E-state index >= 15 is 0 Å². The summed E-state index contributed by atoms with van der Waals surface area (Å²) in [5.74, 6) is -5.11. The van der Waals surface area contributed by atoms with Crippen LogP contribution in [0.2, 0.25) is 0 Å². The average molecular weight is 889 g/mol. The summed E-state index contributed by atoms with van der Waals surface area (Å²) >= 11 is 0. The minimum absolute atomic E-state index is 0.0990. The molecule has 338 valence electrons. The number of aliphatic hydroxyl groups is 2. The van der Waals surface area contributed by atoms with Gasteiger partial charge in [-0.1, -0.05) is 25.0 Å². The van der Waals surface area contributed by atoms with Crippen molar-refractivity contribution in [3.05, 3.63) is 127 Å². The molecule has 6 aliphatic heterocycles. The van der Waals surface area contributed by atoms with E-state index in [-0.39, 0.29) is 40.1 Å². The summed E-state index contributed by atoms with van der Waals surface area (Å²) in [5.41, 5.74) is -1.37. The topological polar surface area (TPSA) is 250 Å². The molecule has 6 aliphatic rings. The largest absolute Gasteiger partial charge is 0.512 e. The Kier molecular flexibility index (Phi) is 10.0. The minimum Gasteiger partial charge on any atom is -0.512 e. The van der Waals surface area contributed by atoms with Gasteiger partial charge in [-0.2, -0.15) is 0 Å². The highest BCUT2D eigenvalue weighted by molar-refractivity contribution is 6.08. The number of anilines is 2. The molecular weight excluding hydrogens is 841 g/mol. The maximum atomic E-state index is 15.0. The number of ether oxygens (including phenoxy) is 2. The fraction of sp³-hybridized carbons (Fsp3) is 0.404. The second-order valence-electron chi connectivity index (χ2n) is 17.9. The van der Waals surface area contributed by atoms with Gasteiger partial charge in [0.2, 0.25) is 11.8 Å². The molecule has 6 heterocycles. The second-order valence-corrected chi connectivity index (χ2v) is 17.9. The first-order chi connectivity index (χ1) is 31.3. The lowest BCUT2D eigenvalue weighted by atomic mass is 9.68. The Balaban J connectivity index is 1.20. The summed E-state index contributed by atoms with van der Waals surface area (Å²) < 4.78 is 10.9. The van der Waals surface area contributed by atoms with E-state index in [0.29, 0.717) is 72.4 Å². The molecule has 6 N–H and O–H groups in total. The van der Waals surface area contributed by atoms with Crippen LogP contribution in [-0.2, 0) is 20.7 Å². The fourth-order valence-corrected chi connectivity index (χ4v) is 12.8. The smallest absolute Gasteiger partial charge is 0.269 e. The number of nitrogens with zero attached hydrogens (tertiary/aromatic N) is 4. The highest BCUT2D eigenvalue weighted by Gasteiger charge is 2.70. The summed E-state index contributed by atoms with van der Waals surface area (Å²) in [6.07, 6.45) is 3.75. The molecule has 0 bridgehead atoms. The predicted octanol–water partition coefficient (Wildman–Crippen LogP) is 6.27. The zero-order valence-corrected chi connectivity index (χ0v) is 35.5. The Hall–Kier alpha value is -6.76. The molecule has 2 spiro atoms. The minimum atomic E-state index is -1.71. The standard InChI is InChI=1S/C47H48N6O12/c1-64-38-16-10-24(19-35(38)55)40-32-7-3-5-17-50(32)47(29-22-27(53(62)63)12-14-31(29)49-45(47)59)43(40)37(57)23-36(56)41-33-8-4-6-18-51(33)46(42(41)25-9-15-34(54)39(20-25)65-2)28-21-26(52(60)61)11-13-30(28)48-44(46)58/h9-16,19-23,32-33,36,40-43,54-57H,3-8,17-18H2,1-2H3,(H,48,58)(H,49,59)/b37-23-. The molecule has 65 heavy (non-hydrogen) atoms. The third-order valence-electron chi connectivity index (χ3n) is 15.2. The number of rotatable bonds is 9. The third-order valence-corrected chi connectivity index (χ3v) is 15.2. The fourth-order valence-electron chi connectivity index (χ4n) is 12.8. The molecule has 4 aromatic carbocycles. The summed E-state index contributed by atoms with van der Waals surface area (Å²) in [4.78, 5) is 57.5. The first kappa shape index (κ1) is 42.2. The number of aliphatic hydroxyl groups excluding tert-OH is 2. The highest BCUT2D eigenvalue weighted by atomic mass is 16.6. The summed E-state index contributed by atoms with van der Waals surface area (Å²) in [7, 11) is 2.81. The zero-order chi connectivity index (χ0) is 45.7. The summed E-state index contributed by atoms with van der Waals surface area (Å²) in [6.45, 7) is 0.796. The van der Waals surface area contributed by atoms with Gasteiger partial charge >= 0.3 is 0 Å². The number of carbonyl (C=O) groups excluding carboxylic acids is 2. The molecule has 2 amide bonds. The van der Waals surface area contributed by atoms with Crippen LogP contribution in [0.3, 0.4) is 0 Å². The van der Waals surface area contributed by atoms with Crippen LogP contribution >= 0.6 is 0 Å². The molecule has 18 nitrogen and oxygen atoms in total. The van der Waals surface area contributed by atoms with Crippen molar-refractivity contribution in [2.24, 2.45) is 11.8 Å². The maximum Gasteiger partial charge on any atom is 0.269 e. The Morgan fingerprint density at radius 1 is 0.738 bits per heavy atom. The molecular formula is C47H48N6O12. The Bertz CT molecular complexity index is 2710. The average Bonchev–Trinajstić information content (AvgIpc) is 3.98. The number of nitrogens with one attached hydrogen (secondary N) is 2. The van der Waals surface area contributed by atoms with Gasteiger partial charge in [-0.15, -0.1) is 0 Å². The SMILES string of the molecule is COc1ccc(C2C3CCCCN3C3(C(=O)Nc4ccc([N+](=O)[O-])cc43)C2/C(O)=C/C(O)C2C3CCCCN3C3(C(=O)Nc4ccc([N+](=O)[O-])cc43)C2c2ccc(O)c(OC)c2)cc1O. The van der Waals surface area contributed by atoms with Gasteiger partial charge in [0.05, 0.1) is 41.8 Å². The Morgan fingerprint density at radius 2 is 1.31 bits per heavy atom. The number of piperidine rings is 2. The summed E-state index contributed by atoms with van der Waals surface area (Å²) in [6, 6.07) is 17.0. The number of phenols is 2. The number of non-ortho nitro benzene ring substituents is 2. The van der Waals surface area contributed by atoms with Crippen LogP contribution in [0, 0.1) is 32.1 Å². The van der Waals surface area contributed by atoms with Crippen molar-refractivity contribution in [3.63, 3.8) is 0 Å². The van der Waals surface area contributed by atoms with Gasteiger partial charge in [-0.05, 0) is 92.4 Å². The number of phenolic OH excluding ortho intramolecular Hbond substituents is 2. The lowest BCUT2D eigenvalue weighted by molar-refractivity contribution is -0.385. The monoisotopic (exact) mass is 888 g/mol. The number of nitro benzene ring substituents is 2. The van der Waals surface area contributed by atoms with E-state index in [1.165, 1.54) is 68.8 Å². The van der Waals surface area contributed by atoms with E-state index in [1.54, 1.807) is 24.3 Å². The second kappa shape index (κ2) is 15.5. The van der Waals surface area contributed by atoms with Crippen molar-refractivity contribution in [2.45, 2.75) is 79.6 Å². The molecule has 9 unspecified atom stereocenters. The van der Waals surface area contributed by atoms with E-state index in [2.05, 4.69) is 10.6 Å². The lowest BCUT2D eigenvalue weighted by Gasteiger charge is -2.41. The number of benzene rings is 4. The molecule has 0 radical (unpaired) electrons. The van der Waals surface area contributed by atoms with Crippen LogP contribution in [0.1, 0.15) is 72.6 Å². The number of nitro groups is 2. The molecule has 10 rings (SSSR count). The molecule has 4 saturated heterocycles. The van der Waals surface area contributed by atoms with E-state index in [0.717, 1.165) is 12.8 Å². The molecule has 4 aromatic rings. The van der Waals surface area contributed by atoms with E-state index in [9.17, 15) is 50.2 Å². The van der Waals surface area contributed by atoms with Crippen molar-refractivity contribution in [1.29, 1.82) is 0 Å². The number of carbonyl (C=O) groups is 2. The van der Waals surface area contributed by atoms with Crippen LogP contribution < -0.4 is 20.1 Å². The van der Waals surface area contributed by atoms with Crippen LogP contribution in [0.25, 0.3) is 0 Å². The van der Waals surface area contributed by atoms with Crippen LogP contribution in [0.5, 0.6) is 23.0 Å². The van der Waals surface area contributed by atoms with Gasteiger partial charge in [0.15, 0.2) is 23.0 Å². The van der Waals surface area contributed by atoms with Gasteiger partial charge in [-0.3, -0.25) is 39.6 Å². The van der Waals surface area contributed by atoms with Crippen LogP contribution in [-0.4, -0.2) is 97.4 Å². The van der Waals surface area contributed by atoms with Crippen molar-refractivity contribution in [3.8, 4) is 23.0 Å². The van der Waals surface area contributed by atoms with Crippen LogP contribution in [0.4, 0.5) is 22.7 Å². The van der Waals surface area contributed by atoms with Crippen molar-refractivity contribution >= 4 is 34.6 Å². The quantitative estimate of drug-likeness (QED) is 0.0616. The molecule has 9 atom stereocenters. The number of amides is 2. The van der Waals surface area contributed by atoms with E-state index < -0.39 is 74.6 Å².